The number of rotatable bonds is 7. The first kappa shape index (κ1) is 18.7. The van der Waals surface area contributed by atoms with Gasteiger partial charge in [0.05, 0.1) is 25.1 Å². The van der Waals surface area contributed by atoms with Crippen LogP contribution in [0.4, 0.5) is 0 Å². The Morgan fingerprint density at radius 3 is 1.59 bits per heavy atom. The minimum atomic E-state index is 0.990. The summed E-state index contributed by atoms with van der Waals surface area (Å²) in [6.45, 7) is 10.7. The summed E-state index contributed by atoms with van der Waals surface area (Å²) in [5.74, 6) is 2.08. The van der Waals surface area contributed by atoms with Crippen LogP contribution < -0.4 is 0 Å². The smallest absolute Gasteiger partial charge is 0.138 e. The molecular formula is C14H26N4S4. The molecule has 0 amide bonds. The van der Waals surface area contributed by atoms with E-state index in [4.69, 9.17) is 24.4 Å². The molecule has 0 aliphatic carbocycles. The number of thioether (sulfide) groups is 2. The molecule has 2 aliphatic rings. The molecule has 2 saturated heterocycles. The summed E-state index contributed by atoms with van der Waals surface area (Å²) in [6, 6.07) is 0. The van der Waals surface area contributed by atoms with Crippen molar-refractivity contribution in [2.75, 3.05) is 51.3 Å². The van der Waals surface area contributed by atoms with Crippen LogP contribution in [0.1, 0.15) is 26.7 Å². The van der Waals surface area contributed by atoms with Gasteiger partial charge in [0.2, 0.25) is 0 Å². The molecule has 2 aliphatic heterocycles. The Hall–Kier alpha value is 0.400. The van der Waals surface area contributed by atoms with E-state index in [1.807, 2.05) is 0 Å². The van der Waals surface area contributed by atoms with Gasteiger partial charge < -0.3 is 9.80 Å². The van der Waals surface area contributed by atoms with Crippen molar-refractivity contribution in [2.24, 2.45) is 0 Å². The predicted octanol–water partition coefficient (Wildman–Crippen LogP) is 2.91. The highest BCUT2D eigenvalue weighted by molar-refractivity contribution is 8.23. The van der Waals surface area contributed by atoms with E-state index in [0.29, 0.717) is 0 Å². The third-order valence-corrected chi connectivity index (χ3v) is 7.22. The van der Waals surface area contributed by atoms with E-state index in [0.717, 1.165) is 59.9 Å². The van der Waals surface area contributed by atoms with Crippen molar-refractivity contribution < 1.29 is 0 Å². The fourth-order valence-corrected chi connectivity index (χ4v) is 4.86. The average molecular weight is 379 g/mol. The summed E-state index contributed by atoms with van der Waals surface area (Å²) < 4.78 is 2.12. The number of hydrogen-bond acceptors (Lipinski definition) is 6. The van der Waals surface area contributed by atoms with Crippen LogP contribution in [0.25, 0.3) is 0 Å². The van der Waals surface area contributed by atoms with E-state index in [1.165, 1.54) is 12.8 Å². The summed E-state index contributed by atoms with van der Waals surface area (Å²) in [6.07, 6.45) is 2.35. The molecule has 0 spiro atoms. The van der Waals surface area contributed by atoms with Gasteiger partial charge in [-0.15, -0.1) is 0 Å². The Morgan fingerprint density at radius 2 is 1.23 bits per heavy atom. The maximum atomic E-state index is 5.47. The van der Waals surface area contributed by atoms with E-state index in [2.05, 4.69) is 33.4 Å². The zero-order chi connectivity index (χ0) is 15.9. The first-order valence-electron chi connectivity index (χ1n) is 7.92. The summed E-state index contributed by atoms with van der Waals surface area (Å²) in [5.41, 5.74) is 0. The quantitative estimate of drug-likeness (QED) is 0.489. The molecule has 0 atom stereocenters. The molecule has 2 heterocycles. The van der Waals surface area contributed by atoms with Gasteiger partial charge in [-0.05, 0) is 25.9 Å². The predicted molar refractivity (Wildman–Crippen MR) is 107 cm³/mol. The molecule has 0 radical (unpaired) electrons. The highest BCUT2D eigenvalue weighted by Crippen LogP contribution is 2.20. The SMILES string of the molecule is CCN1CSC(=S)N(CCCCN2CN(CC)CSC2=S)C1. The van der Waals surface area contributed by atoms with Gasteiger partial charge >= 0.3 is 0 Å². The zero-order valence-electron chi connectivity index (χ0n) is 13.5. The lowest BCUT2D eigenvalue weighted by Crippen LogP contribution is -2.46. The maximum Gasteiger partial charge on any atom is 0.138 e. The van der Waals surface area contributed by atoms with E-state index in [9.17, 15) is 0 Å². The molecular weight excluding hydrogens is 352 g/mol. The van der Waals surface area contributed by atoms with Crippen molar-refractivity contribution in [1.82, 2.24) is 19.6 Å². The third-order valence-electron chi connectivity index (χ3n) is 4.00. The van der Waals surface area contributed by atoms with Gasteiger partial charge in [-0.3, -0.25) is 9.80 Å². The van der Waals surface area contributed by atoms with Crippen LogP contribution in [-0.2, 0) is 0 Å². The van der Waals surface area contributed by atoms with Crippen molar-refractivity contribution in [3.8, 4) is 0 Å². The van der Waals surface area contributed by atoms with Gasteiger partial charge in [-0.25, -0.2) is 0 Å². The minimum Gasteiger partial charge on any atom is -0.344 e. The van der Waals surface area contributed by atoms with Crippen LogP contribution in [0, 0.1) is 0 Å². The van der Waals surface area contributed by atoms with Gasteiger partial charge in [-0.1, -0.05) is 61.8 Å². The van der Waals surface area contributed by atoms with Gasteiger partial charge in [0.15, 0.2) is 0 Å². The second kappa shape index (κ2) is 9.64. The van der Waals surface area contributed by atoms with E-state index in [1.54, 1.807) is 23.5 Å². The molecule has 0 unspecified atom stereocenters. The number of hydrogen-bond donors (Lipinski definition) is 0. The molecule has 4 nitrogen and oxygen atoms in total. The molecule has 22 heavy (non-hydrogen) atoms. The standard InChI is InChI=1S/C14H26N4S4/c1-3-15-9-17(13(19)21-11-15)7-5-6-8-18-10-16(4-2)12-22-14(18)20/h3-12H2,1-2H3. The van der Waals surface area contributed by atoms with Crippen molar-refractivity contribution in [3.63, 3.8) is 0 Å². The minimum absolute atomic E-state index is 0.990. The number of thiocarbonyl (C=S) groups is 2. The lowest BCUT2D eigenvalue weighted by molar-refractivity contribution is 0.205. The molecule has 0 aromatic carbocycles. The van der Waals surface area contributed by atoms with E-state index >= 15 is 0 Å². The Kier molecular flexibility index (Phi) is 8.21. The van der Waals surface area contributed by atoms with Crippen molar-refractivity contribution in [2.45, 2.75) is 26.7 Å². The molecule has 126 valence electrons. The van der Waals surface area contributed by atoms with Gasteiger partial charge in [0.25, 0.3) is 0 Å². The van der Waals surface area contributed by atoms with E-state index < -0.39 is 0 Å². The molecule has 0 aromatic rings. The normalized spacial score (nSPS) is 21.7. The van der Waals surface area contributed by atoms with Gasteiger partial charge in [0, 0.05) is 13.1 Å². The van der Waals surface area contributed by atoms with Gasteiger partial charge in [-0.2, -0.15) is 0 Å². The highest BCUT2D eigenvalue weighted by Gasteiger charge is 2.21. The van der Waals surface area contributed by atoms with Crippen LogP contribution in [0.15, 0.2) is 0 Å². The van der Waals surface area contributed by atoms with Crippen molar-refractivity contribution in [1.29, 1.82) is 0 Å². The Bertz CT molecular complexity index is 357. The highest BCUT2D eigenvalue weighted by atomic mass is 32.2. The lowest BCUT2D eigenvalue weighted by atomic mass is 10.3. The fourth-order valence-electron chi connectivity index (χ4n) is 2.47. The molecule has 2 fully saturated rings. The second-order valence-corrected chi connectivity index (χ2v) is 8.73. The first-order valence-corrected chi connectivity index (χ1v) is 10.7. The second-order valence-electron chi connectivity index (χ2n) is 5.57. The molecule has 0 saturated carbocycles. The average Bonchev–Trinajstić information content (AvgIpc) is 2.54. The van der Waals surface area contributed by atoms with Gasteiger partial charge in [0.1, 0.15) is 8.64 Å². The van der Waals surface area contributed by atoms with Crippen molar-refractivity contribution >= 4 is 56.6 Å². The lowest BCUT2D eigenvalue weighted by Gasteiger charge is -2.37. The number of unbranched alkanes of at least 4 members (excludes halogenated alkanes) is 1. The third kappa shape index (κ3) is 5.49. The molecule has 0 N–H and O–H groups in total. The Morgan fingerprint density at radius 1 is 0.818 bits per heavy atom. The molecule has 2 rings (SSSR count). The molecule has 8 heteroatoms. The summed E-state index contributed by atoms with van der Waals surface area (Å²) in [4.78, 5) is 9.54. The maximum absolute atomic E-state index is 5.47. The summed E-state index contributed by atoms with van der Waals surface area (Å²) in [7, 11) is 0. The zero-order valence-corrected chi connectivity index (χ0v) is 16.8. The molecule has 0 bridgehead atoms. The van der Waals surface area contributed by atoms with Crippen LogP contribution in [-0.4, -0.2) is 79.5 Å². The first-order chi connectivity index (χ1) is 10.6. The van der Waals surface area contributed by atoms with Crippen molar-refractivity contribution in [3.05, 3.63) is 0 Å². The van der Waals surface area contributed by atoms with Crippen LogP contribution in [0.2, 0.25) is 0 Å². The van der Waals surface area contributed by atoms with Crippen LogP contribution in [0.3, 0.4) is 0 Å². The topological polar surface area (TPSA) is 13.0 Å². The largest absolute Gasteiger partial charge is 0.344 e. The van der Waals surface area contributed by atoms with E-state index in [-0.39, 0.29) is 0 Å². The Labute approximate surface area is 153 Å². The monoisotopic (exact) mass is 378 g/mol. The summed E-state index contributed by atoms with van der Waals surface area (Å²) in [5, 5.41) is 0. The summed E-state index contributed by atoms with van der Waals surface area (Å²) >= 11 is 14.5. The van der Waals surface area contributed by atoms with Crippen LogP contribution in [0.5, 0.6) is 0 Å². The molecule has 0 aromatic heterocycles. The fraction of sp³-hybridized carbons (Fsp3) is 0.857. The Balaban J connectivity index is 1.67. The van der Waals surface area contributed by atoms with Crippen LogP contribution >= 0.6 is 48.0 Å². The number of nitrogens with zero attached hydrogens (tertiary/aromatic N) is 4.